The number of nitrogens with one attached hydrogen (secondary N) is 1. The molecule has 1 aliphatic rings. The molecule has 82 valence electrons. The lowest BCUT2D eigenvalue weighted by atomic mass is 10.0. The van der Waals surface area contributed by atoms with Gasteiger partial charge >= 0.3 is 0 Å². The van der Waals surface area contributed by atoms with E-state index >= 15 is 0 Å². The molecular formula is C10H14ClN3O. The summed E-state index contributed by atoms with van der Waals surface area (Å²) in [4.78, 5) is 8.04. The summed E-state index contributed by atoms with van der Waals surface area (Å²) in [6, 6.07) is 0. The van der Waals surface area contributed by atoms with Crippen LogP contribution < -0.4 is 5.32 Å². The Balaban J connectivity index is 1.91. The number of hydrogen-bond donors (Lipinski definition) is 2. The number of aliphatic hydroxyl groups excluding tert-OH is 1. The number of anilines is 1. The molecule has 2 rings (SSSR count). The zero-order chi connectivity index (χ0) is 10.7. The van der Waals surface area contributed by atoms with Gasteiger partial charge in [0, 0.05) is 25.5 Å². The van der Waals surface area contributed by atoms with Crippen LogP contribution in [0.1, 0.15) is 19.3 Å². The molecule has 15 heavy (non-hydrogen) atoms. The second kappa shape index (κ2) is 4.33. The Kier molecular flexibility index (Phi) is 3.07. The smallest absolute Gasteiger partial charge is 0.171 e. The highest BCUT2D eigenvalue weighted by molar-refractivity contribution is 6.31. The fourth-order valence-corrected chi connectivity index (χ4v) is 1.81. The predicted molar refractivity (Wildman–Crippen MR) is 58.9 cm³/mol. The number of halogens is 1. The Bertz CT molecular complexity index is 341. The maximum atomic E-state index is 8.91. The topological polar surface area (TPSA) is 58.0 Å². The van der Waals surface area contributed by atoms with E-state index < -0.39 is 0 Å². The summed E-state index contributed by atoms with van der Waals surface area (Å²) in [6.45, 7) is 1.06. The molecule has 0 bridgehead atoms. The van der Waals surface area contributed by atoms with Crippen molar-refractivity contribution < 1.29 is 5.11 Å². The van der Waals surface area contributed by atoms with Crippen LogP contribution in [0.25, 0.3) is 0 Å². The van der Waals surface area contributed by atoms with E-state index in [0.717, 1.165) is 13.0 Å². The molecule has 1 aromatic heterocycles. The van der Waals surface area contributed by atoms with E-state index in [4.69, 9.17) is 16.7 Å². The average molecular weight is 228 g/mol. The molecule has 5 heteroatoms. The molecule has 1 aliphatic carbocycles. The van der Waals surface area contributed by atoms with Crippen LogP contribution in [0.4, 0.5) is 5.82 Å². The normalized spacial score (nSPS) is 17.5. The van der Waals surface area contributed by atoms with Crippen LogP contribution in [0.2, 0.25) is 5.15 Å². The van der Waals surface area contributed by atoms with Gasteiger partial charge in [0.1, 0.15) is 0 Å². The van der Waals surface area contributed by atoms with Crippen LogP contribution in [0, 0.1) is 5.41 Å². The van der Waals surface area contributed by atoms with Crippen molar-refractivity contribution in [1.82, 2.24) is 9.97 Å². The van der Waals surface area contributed by atoms with Gasteiger partial charge < -0.3 is 10.4 Å². The molecule has 1 aromatic rings. The summed E-state index contributed by atoms with van der Waals surface area (Å²) in [5.41, 5.74) is 0.260. The predicted octanol–water partition coefficient (Wildman–Crippen LogP) is 1.70. The van der Waals surface area contributed by atoms with Crippen LogP contribution in [0.15, 0.2) is 12.4 Å². The molecule has 0 amide bonds. The highest BCUT2D eigenvalue weighted by Crippen LogP contribution is 2.48. The molecule has 2 N–H and O–H groups in total. The van der Waals surface area contributed by atoms with Gasteiger partial charge in [-0.3, -0.25) is 0 Å². The molecule has 0 radical (unpaired) electrons. The minimum absolute atomic E-state index is 0.246. The van der Waals surface area contributed by atoms with E-state index in [0.29, 0.717) is 11.0 Å². The van der Waals surface area contributed by atoms with Crippen LogP contribution in [0.5, 0.6) is 0 Å². The first kappa shape index (κ1) is 10.6. The van der Waals surface area contributed by atoms with E-state index in [2.05, 4.69) is 15.3 Å². The van der Waals surface area contributed by atoms with Crippen molar-refractivity contribution in [1.29, 1.82) is 0 Å². The van der Waals surface area contributed by atoms with Gasteiger partial charge in [-0.15, -0.1) is 0 Å². The molecule has 0 saturated heterocycles. The number of hydrogen-bond acceptors (Lipinski definition) is 4. The lowest BCUT2D eigenvalue weighted by Crippen LogP contribution is -2.17. The first-order chi connectivity index (χ1) is 7.26. The minimum atomic E-state index is 0.246. The monoisotopic (exact) mass is 227 g/mol. The molecule has 0 aliphatic heterocycles. The lowest BCUT2D eigenvalue weighted by molar-refractivity contribution is 0.253. The molecule has 1 heterocycles. The Morgan fingerprint density at radius 2 is 2.13 bits per heavy atom. The van der Waals surface area contributed by atoms with E-state index in [-0.39, 0.29) is 12.0 Å². The van der Waals surface area contributed by atoms with Gasteiger partial charge in [-0.25, -0.2) is 9.97 Å². The van der Waals surface area contributed by atoms with Crippen LogP contribution in [-0.2, 0) is 0 Å². The standard InChI is InChI=1S/C10H14ClN3O/c11-8-9(13-5-4-12-8)14-7-10(1-2-10)3-6-15/h4-5,15H,1-3,6-7H2,(H,13,14). The van der Waals surface area contributed by atoms with Crippen molar-refractivity contribution >= 4 is 17.4 Å². The van der Waals surface area contributed by atoms with Crippen molar-refractivity contribution in [2.45, 2.75) is 19.3 Å². The molecular weight excluding hydrogens is 214 g/mol. The third-order valence-electron chi connectivity index (χ3n) is 2.88. The summed E-state index contributed by atoms with van der Waals surface area (Å²) < 4.78 is 0. The second-order valence-electron chi connectivity index (χ2n) is 4.02. The van der Waals surface area contributed by atoms with Gasteiger partial charge in [0.25, 0.3) is 0 Å². The Labute approximate surface area is 93.7 Å². The SMILES string of the molecule is OCCC1(CNc2nccnc2Cl)CC1. The molecule has 0 aromatic carbocycles. The molecule has 4 nitrogen and oxygen atoms in total. The Hall–Kier alpha value is -0.870. The molecule has 0 atom stereocenters. The highest BCUT2D eigenvalue weighted by Gasteiger charge is 2.41. The number of aromatic nitrogens is 2. The maximum Gasteiger partial charge on any atom is 0.171 e. The number of nitrogens with zero attached hydrogens (tertiary/aromatic N) is 2. The summed E-state index contributed by atoms with van der Waals surface area (Å²) in [6.07, 6.45) is 6.35. The van der Waals surface area contributed by atoms with Crippen LogP contribution in [0.3, 0.4) is 0 Å². The number of rotatable bonds is 5. The third-order valence-corrected chi connectivity index (χ3v) is 3.16. The van der Waals surface area contributed by atoms with E-state index in [1.807, 2.05) is 0 Å². The molecule has 1 saturated carbocycles. The van der Waals surface area contributed by atoms with Crippen LogP contribution >= 0.6 is 11.6 Å². The lowest BCUT2D eigenvalue weighted by Gasteiger charge is -2.14. The molecule has 0 spiro atoms. The van der Waals surface area contributed by atoms with Gasteiger partial charge in [0.15, 0.2) is 11.0 Å². The van der Waals surface area contributed by atoms with E-state index in [1.54, 1.807) is 12.4 Å². The largest absolute Gasteiger partial charge is 0.396 e. The van der Waals surface area contributed by atoms with Crippen molar-refractivity contribution in [3.8, 4) is 0 Å². The summed E-state index contributed by atoms with van der Waals surface area (Å²) >= 11 is 5.87. The molecule has 1 fully saturated rings. The van der Waals surface area contributed by atoms with E-state index in [1.165, 1.54) is 12.8 Å². The van der Waals surface area contributed by atoms with Crippen molar-refractivity contribution in [2.24, 2.45) is 5.41 Å². The van der Waals surface area contributed by atoms with Crippen molar-refractivity contribution in [2.75, 3.05) is 18.5 Å². The first-order valence-electron chi connectivity index (χ1n) is 5.07. The number of aliphatic hydroxyl groups is 1. The fraction of sp³-hybridized carbons (Fsp3) is 0.600. The Morgan fingerprint density at radius 1 is 1.40 bits per heavy atom. The first-order valence-corrected chi connectivity index (χ1v) is 5.45. The zero-order valence-electron chi connectivity index (χ0n) is 8.41. The summed E-state index contributed by atoms with van der Waals surface area (Å²) in [7, 11) is 0. The third kappa shape index (κ3) is 2.58. The highest BCUT2D eigenvalue weighted by atomic mass is 35.5. The van der Waals surface area contributed by atoms with Gasteiger partial charge in [0.2, 0.25) is 0 Å². The average Bonchev–Trinajstić information content (AvgIpc) is 2.98. The Morgan fingerprint density at radius 3 is 2.73 bits per heavy atom. The summed E-state index contributed by atoms with van der Waals surface area (Å²) in [5, 5.41) is 12.5. The van der Waals surface area contributed by atoms with Crippen LogP contribution in [-0.4, -0.2) is 28.2 Å². The fourth-order valence-electron chi connectivity index (χ4n) is 1.64. The van der Waals surface area contributed by atoms with Gasteiger partial charge in [0.05, 0.1) is 0 Å². The zero-order valence-corrected chi connectivity index (χ0v) is 9.17. The van der Waals surface area contributed by atoms with Gasteiger partial charge in [-0.05, 0) is 24.7 Å². The van der Waals surface area contributed by atoms with Gasteiger partial charge in [-0.2, -0.15) is 0 Å². The quantitative estimate of drug-likeness (QED) is 0.804. The van der Waals surface area contributed by atoms with Crippen molar-refractivity contribution in [3.63, 3.8) is 0 Å². The minimum Gasteiger partial charge on any atom is -0.396 e. The molecule has 0 unspecified atom stereocenters. The van der Waals surface area contributed by atoms with Crippen molar-refractivity contribution in [3.05, 3.63) is 17.5 Å². The van der Waals surface area contributed by atoms with E-state index in [9.17, 15) is 0 Å². The van der Waals surface area contributed by atoms with Gasteiger partial charge in [-0.1, -0.05) is 11.6 Å². The maximum absolute atomic E-state index is 8.91. The summed E-state index contributed by atoms with van der Waals surface area (Å²) in [5.74, 6) is 0.628. The second-order valence-corrected chi connectivity index (χ2v) is 4.38.